The molecule has 1 amide bonds. The van der Waals surface area contributed by atoms with Crippen LogP contribution in [0.25, 0.3) is 11.2 Å². The van der Waals surface area contributed by atoms with Gasteiger partial charge in [0.2, 0.25) is 11.9 Å². The molecular formula is C35H35FN5O6. The number of H-pyrrole nitrogens is 1. The molecule has 0 unspecified atom stereocenters. The number of nitrogens with one attached hydrogen (secondary N) is 2. The fraction of sp³-hybridized carbons (Fsp3) is 0.286. The van der Waals surface area contributed by atoms with Gasteiger partial charge < -0.3 is 18.9 Å². The number of amides is 1. The van der Waals surface area contributed by atoms with Crippen LogP contribution in [0, 0.1) is 12.3 Å². The lowest BCUT2D eigenvalue weighted by atomic mass is 9.80. The van der Waals surface area contributed by atoms with Crippen molar-refractivity contribution in [2.45, 2.75) is 38.0 Å². The van der Waals surface area contributed by atoms with Crippen LogP contribution in [0.2, 0.25) is 0 Å². The molecule has 3 atom stereocenters. The van der Waals surface area contributed by atoms with Gasteiger partial charge >= 0.3 is 0 Å². The number of fused-ring (bicyclic) bond motifs is 1. The molecule has 47 heavy (non-hydrogen) atoms. The van der Waals surface area contributed by atoms with Crippen LogP contribution >= 0.6 is 0 Å². The molecule has 1 saturated heterocycles. The third-order valence-electron chi connectivity index (χ3n) is 8.13. The molecule has 243 valence electrons. The minimum Gasteiger partial charge on any atom is -0.497 e. The average Bonchev–Trinajstić information content (AvgIpc) is 3.69. The van der Waals surface area contributed by atoms with E-state index in [0.29, 0.717) is 11.5 Å². The van der Waals surface area contributed by atoms with Crippen molar-refractivity contribution in [2.24, 2.45) is 5.92 Å². The van der Waals surface area contributed by atoms with Crippen LogP contribution in [0.1, 0.15) is 36.8 Å². The molecule has 3 heterocycles. The van der Waals surface area contributed by atoms with E-state index < -0.39 is 29.7 Å². The zero-order valence-electron chi connectivity index (χ0n) is 26.3. The Bertz CT molecular complexity index is 1840. The first-order valence-electron chi connectivity index (χ1n) is 15.1. The number of alkyl halides is 1. The number of hydrogen-bond acceptors (Lipinski definition) is 8. The molecule has 12 heteroatoms. The quantitative estimate of drug-likeness (QED) is 0.189. The van der Waals surface area contributed by atoms with Gasteiger partial charge in [-0.05, 0) is 41.0 Å². The minimum atomic E-state index is -1.53. The maximum atomic E-state index is 15.8. The van der Waals surface area contributed by atoms with Gasteiger partial charge in [0, 0.05) is 12.3 Å². The van der Waals surface area contributed by atoms with E-state index in [9.17, 15) is 9.59 Å². The maximum Gasteiger partial charge on any atom is 0.280 e. The molecule has 1 aliphatic rings. The molecule has 1 aliphatic heterocycles. The number of hydrogen-bond donors (Lipinski definition) is 2. The molecule has 1 radical (unpaired) electrons. The number of benzene rings is 3. The number of carbonyl (C=O) groups excluding carboxylic acids is 1. The fourth-order valence-electron chi connectivity index (χ4n) is 5.58. The molecule has 0 spiro atoms. The average molecular weight is 641 g/mol. The smallest absolute Gasteiger partial charge is 0.280 e. The second kappa shape index (κ2) is 13.3. The Morgan fingerprint density at radius 3 is 2.15 bits per heavy atom. The summed E-state index contributed by atoms with van der Waals surface area (Å²) in [6.45, 7) is 3.30. The zero-order chi connectivity index (χ0) is 33.1. The highest BCUT2D eigenvalue weighted by Crippen LogP contribution is 2.43. The van der Waals surface area contributed by atoms with Gasteiger partial charge in [-0.2, -0.15) is 4.98 Å². The third kappa shape index (κ3) is 6.21. The molecular weight excluding hydrogens is 605 g/mol. The highest BCUT2D eigenvalue weighted by Gasteiger charge is 2.43. The van der Waals surface area contributed by atoms with E-state index in [1.807, 2.05) is 78.9 Å². The van der Waals surface area contributed by atoms with Gasteiger partial charge in [0.1, 0.15) is 35.6 Å². The van der Waals surface area contributed by atoms with Crippen molar-refractivity contribution >= 4 is 23.0 Å². The summed E-state index contributed by atoms with van der Waals surface area (Å²) in [4.78, 5) is 36.0. The Hall–Kier alpha value is -5.07. The Morgan fingerprint density at radius 2 is 1.57 bits per heavy atom. The molecule has 6 rings (SSSR count). The van der Waals surface area contributed by atoms with Crippen LogP contribution in [-0.2, 0) is 19.9 Å². The molecule has 2 N–H and O–H groups in total. The summed E-state index contributed by atoms with van der Waals surface area (Å²) in [6, 6.07) is 24.8. The van der Waals surface area contributed by atoms with Crippen molar-refractivity contribution in [1.82, 2.24) is 19.5 Å². The van der Waals surface area contributed by atoms with Gasteiger partial charge in [0.25, 0.3) is 5.56 Å². The number of nitrogens with zero attached hydrogens (tertiary/aromatic N) is 3. The lowest BCUT2D eigenvalue weighted by Crippen LogP contribution is -2.37. The second-order valence-corrected chi connectivity index (χ2v) is 11.4. The predicted octanol–water partition coefficient (Wildman–Crippen LogP) is 5.18. The SMILES string of the molecule is COc1ccc(C(OC[C@H]2O[C@@H](n3cnc4c(=O)[nH]c(NC(=O)C(C)C)nc43)[CH][C@H]2F)(c2ccccc2)c2ccc(OC)cc2)cc1. The summed E-state index contributed by atoms with van der Waals surface area (Å²) in [5.74, 6) is 0.665. The monoisotopic (exact) mass is 640 g/mol. The van der Waals surface area contributed by atoms with E-state index in [4.69, 9.17) is 18.9 Å². The zero-order valence-corrected chi connectivity index (χ0v) is 26.3. The summed E-state index contributed by atoms with van der Waals surface area (Å²) in [7, 11) is 3.20. The van der Waals surface area contributed by atoms with Crippen molar-refractivity contribution in [3.05, 3.63) is 119 Å². The van der Waals surface area contributed by atoms with Gasteiger partial charge in [0.05, 0.1) is 27.2 Å². The van der Waals surface area contributed by atoms with E-state index in [0.717, 1.165) is 16.7 Å². The van der Waals surface area contributed by atoms with Crippen LogP contribution in [-0.4, -0.2) is 58.5 Å². The van der Waals surface area contributed by atoms with Gasteiger partial charge in [-0.25, -0.2) is 9.37 Å². The Balaban J connectivity index is 1.33. The minimum absolute atomic E-state index is 0.0294. The van der Waals surface area contributed by atoms with Gasteiger partial charge in [-0.1, -0.05) is 68.4 Å². The van der Waals surface area contributed by atoms with Crippen LogP contribution in [0.15, 0.2) is 90.0 Å². The molecule has 0 saturated carbocycles. The Kier molecular flexibility index (Phi) is 9.06. The number of anilines is 1. The van der Waals surface area contributed by atoms with Crippen molar-refractivity contribution in [1.29, 1.82) is 0 Å². The van der Waals surface area contributed by atoms with Crippen LogP contribution in [0.5, 0.6) is 11.5 Å². The summed E-state index contributed by atoms with van der Waals surface area (Å²) >= 11 is 0. The topological polar surface area (TPSA) is 130 Å². The van der Waals surface area contributed by atoms with Crippen molar-refractivity contribution < 1.29 is 28.1 Å². The number of halogens is 1. The maximum absolute atomic E-state index is 15.8. The van der Waals surface area contributed by atoms with E-state index in [2.05, 4.69) is 20.3 Å². The first-order chi connectivity index (χ1) is 22.7. The van der Waals surface area contributed by atoms with Crippen LogP contribution in [0.3, 0.4) is 0 Å². The number of aromatic amines is 1. The number of carbonyl (C=O) groups is 1. The van der Waals surface area contributed by atoms with Gasteiger partial charge in [0.15, 0.2) is 11.2 Å². The molecule has 5 aromatic rings. The molecule has 0 aliphatic carbocycles. The van der Waals surface area contributed by atoms with Gasteiger partial charge in [-0.3, -0.25) is 24.5 Å². The molecule has 0 bridgehead atoms. The highest BCUT2D eigenvalue weighted by atomic mass is 19.1. The summed E-state index contributed by atoms with van der Waals surface area (Å²) in [6.07, 6.45) is -0.755. The molecule has 1 fully saturated rings. The third-order valence-corrected chi connectivity index (χ3v) is 8.13. The summed E-state index contributed by atoms with van der Waals surface area (Å²) in [5, 5.41) is 2.59. The first kappa shape index (κ1) is 31.9. The molecule has 3 aromatic carbocycles. The highest BCUT2D eigenvalue weighted by molar-refractivity contribution is 5.91. The number of aromatic nitrogens is 4. The first-order valence-corrected chi connectivity index (χ1v) is 15.1. The summed E-state index contributed by atoms with van der Waals surface area (Å²) < 4.78 is 41.1. The van der Waals surface area contributed by atoms with Crippen molar-refractivity contribution in [3.8, 4) is 11.5 Å². The lowest BCUT2D eigenvalue weighted by Gasteiger charge is -2.37. The Morgan fingerprint density at radius 1 is 0.979 bits per heavy atom. The Labute approximate surface area is 270 Å². The fourth-order valence-corrected chi connectivity index (χ4v) is 5.58. The number of rotatable bonds is 11. The van der Waals surface area contributed by atoms with Crippen molar-refractivity contribution in [2.75, 3.05) is 26.1 Å². The standard InChI is InChI=1S/C35H35FN5O6/c1-21(2)32(42)39-34-38-31-30(33(43)40-34)37-20-41(31)29-18-27(36)28(47-29)19-46-35(22-8-6-5-7-9-22,23-10-14-25(44-3)15-11-23)24-12-16-26(45-4)17-13-24/h5-18,20-21,27-29H,19H2,1-4H3,(H2,38,39,40,42,43)/t27-,28-,29-/m1/s1. The normalized spacial score (nSPS) is 18.0. The predicted molar refractivity (Wildman–Crippen MR) is 173 cm³/mol. The number of ether oxygens (including phenoxy) is 4. The lowest BCUT2D eigenvalue weighted by molar-refractivity contribution is -0.118. The van der Waals surface area contributed by atoms with E-state index in [-0.39, 0.29) is 35.5 Å². The van der Waals surface area contributed by atoms with Crippen LogP contribution in [0.4, 0.5) is 10.3 Å². The summed E-state index contributed by atoms with van der Waals surface area (Å²) in [5.41, 5.74) is 0.867. The van der Waals surface area contributed by atoms with E-state index >= 15 is 4.39 Å². The van der Waals surface area contributed by atoms with Crippen molar-refractivity contribution in [3.63, 3.8) is 0 Å². The largest absolute Gasteiger partial charge is 0.497 e. The second-order valence-electron chi connectivity index (χ2n) is 11.4. The van der Waals surface area contributed by atoms with E-state index in [1.54, 1.807) is 28.1 Å². The van der Waals surface area contributed by atoms with Gasteiger partial charge in [-0.15, -0.1) is 0 Å². The van der Waals surface area contributed by atoms with Crippen LogP contribution < -0.4 is 20.3 Å². The number of methoxy groups -OCH3 is 2. The number of imidazole rings is 1. The molecule has 2 aromatic heterocycles. The van der Waals surface area contributed by atoms with E-state index in [1.165, 1.54) is 17.3 Å². The molecule has 11 nitrogen and oxygen atoms in total.